The summed E-state index contributed by atoms with van der Waals surface area (Å²) in [6.45, 7) is -0.438. The van der Waals surface area contributed by atoms with Gasteiger partial charge in [-0.1, -0.05) is 11.6 Å². The molecule has 2 aromatic carbocycles. The highest BCUT2D eigenvalue weighted by Crippen LogP contribution is 2.27. The fourth-order valence-corrected chi connectivity index (χ4v) is 2.50. The summed E-state index contributed by atoms with van der Waals surface area (Å²) >= 11 is 5.99. The van der Waals surface area contributed by atoms with Gasteiger partial charge in [0.1, 0.15) is 17.2 Å². The lowest BCUT2D eigenvalue weighted by Gasteiger charge is -2.08. The molecule has 0 aliphatic carbocycles. The lowest BCUT2D eigenvalue weighted by atomic mass is 10.2. The van der Waals surface area contributed by atoms with E-state index in [0.717, 1.165) is 0 Å². The van der Waals surface area contributed by atoms with Crippen LogP contribution >= 0.6 is 11.6 Å². The van der Waals surface area contributed by atoms with E-state index in [1.54, 1.807) is 37.4 Å². The number of anilines is 1. The van der Waals surface area contributed by atoms with Crippen molar-refractivity contribution in [1.82, 2.24) is 0 Å². The molecule has 0 heterocycles. The first-order valence-electron chi connectivity index (χ1n) is 8.17. The number of rotatable bonds is 8. The number of carbonyl (C=O) groups excluding carboxylic acids is 2. The van der Waals surface area contributed by atoms with E-state index in [4.69, 9.17) is 30.5 Å². The molecule has 8 heteroatoms. The Kier molecular flexibility index (Phi) is 7.71. The number of carbonyl (C=O) groups is 2. The van der Waals surface area contributed by atoms with E-state index in [0.29, 0.717) is 33.5 Å². The molecule has 2 aromatic rings. The molecule has 0 saturated heterocycles. The summed E-state index contributed by atoms with van der Waals surface area (Å²) in [5.41, 5.74) is 1.13. The van der Waals surface area contributed by atoms with Gasteiger partial charge in [0, 0.05) is 23.4 Å². The minimum Gasteiger partial charge on any atom is -0.497 e. The number of halogens is 1. The molecule has 0 atom stereocenters. The molecule has 28 heavy (non-hydrogen) atoms. The first-order chi connectivity index (χ1) is 13.5. The van der Waals surface area contributed by atoms with Crippen molar-refractivity contribution in [1.29, 1.82) is 0 Å². The summed E-state index contributed by atoms with van der Waals surface area (Å²) in [5, 5.41) is 2.94. The molecule has 0 saturated carbocycles. The Morgan fingerprint density at radius 2 is 1.75 bits per heavy atom. The highest BCUT2D eigenvalue weighted by molar-refractivity contribution is 6.32. The van der Waals surface area contributed by atoms with E-state index < -0.39 is 18.5 Å². The molecule has 0 aliphatic heterocycles. The van der Waals surface area contributed by atoms with Gasteiger partial charge in [-0.25, -0.2) is 4.79 Å². The van der Waals surface area contributed by atoms with Gasteiger partial charge in [-0.3, -0.25) is 4.79 Å². The number of benzene rings is 2. The molecule has 0 radical (unpaired) electrons. The number of hydrogen-bond donors (Lipinski definition) is 1. The van der Waals surface area contributed by atoms with E-state index in [9.17, 15) is 9.59 Å². The molecular formula is C20H20ClNO6. The topological polar surface area (TPSA) is 83.1 Å². The first kappa shape index (κ1) is 21.1. The van der Waals surface area contributed by atoms with Crippen molar-refractivity contribution < 1.29 is 28.5 Å². The number of ether oxygens (including phenoxy) is 4. The average Bonchev–Trinajstić information content (AvgIpc) is 2.70. The van der Waals surface area contributed by atoms with Crippen LogP contribution in [0.3, 0.4) is 0 Å². The van der Waals surface area contributed by atoms with Gasteiger partial charge in [0.2, 0.25) is 0 Å². The Balaban J connectivity index is 1.89. The van der Waals surface area contributed by atoms with Crippen LogP contribution in [0.1, 0.15) is 5.56 Å². The van der Waals surface area contributed by atoms with Crippen LogP contribution < -0.4 is 19.5 Å². The number of methoxy groups -OCH3 is 3. The first-order valence-corrected chi connectivity index (χ1v) is 8.55. The SMILES string of the molecule is COc1ccc(/C=C/C(=O)OCC(=O)Nc2ccc(OC)c(Cl)c2)c(OC)c1. The zero-order valence-electron chi connectivity index (χ0n) is 15.7. The van der Waals surface area contributed by atoms with E-state index >= 15 is 0 Å². The summed E-state index contributed by atoms with van der Waals surface area (Å²) in [6.07, 6.45) is 2.74. The van der Waals surface area contributed by atoms with E-state index in [2.05, 4.69) is 5.32 Å². The summed E-state index contributed by atoms with van der Waals surface area (Å²) in [4.78, 5) is 23.7. The molecule has 0 aromatic heterocycles. The van der Waals surface area contributed by atoms with Gasteiger partial charge in [-0.05, 0) is 36.4 Å². The Bertz CT molecular complexity index is 881. The molecule has 0 fully saturated rings. The lowest BCUT2D eigenvalue weighted by molar-refractivity contribution is -0.142. The van der Waals surface area contributed by atoms with Crippen LogP contribution in [0.15, 0.2) is 42.5 Å². The van der Waals surface area contributed by atoms with Crippen LogP contribution in [0.5, 0.6) is 17.2 Å². The summed E-state index contributed by atoms with van der Waals surface area (Å²) in [5.74, 6) is 0.500. The predicted octanol–water partition coefficient (Wildman–Crippen LogP) is 3.56. The van der Waals surface area contributed by atoms with Crippen molar-refractivity contribution in [3.8, 4) is 17.2 Å². The van der Waals surface area contributed by atoms with Crippen molar-refractivity contribution >= 4 is 35.2 Å². The molecule has 2 rings (SSSR count). The molecule has 1 amide bonds. The monoisotopic (exact) mass is 405 g/mol. The van der Waals surface area contributed by atoms with Gasteiger partial charge >= 0.3 is 5.97 Å². The predicted molar refractivity (Wildman–Crippen MR) is 106 cm³/mol. The Morgan fingerprint density at radius 3 is 2.39 bits per heavy atom. The van der Waals surface area contributed by atoms with Crippen LogP contribution in [0.4, 0.5) is 5.69 Å². The molecular weight excluding hydrogens is 386 g/mol. The molecule has 7 nitrogen and oxygen atoms in total. The highest BCUT2D eigenvalue weighted by Gasteiger charge is 2.08. The molecule has 0 bridgehead atoms. The zero-order chi connectivity index (χ0) is 20.5. The lowest BCUT2D eigenvalue weighted by Crippen LogP contribution is -2.20. The van der Waals surface area contributed by atoms with E-state index in [1.165, 1.54) is 32.4 Å². The largest absolute Gasteiger partial charge is 0.497 e. The second kappa shape index (κ2) is 10.2. The standard InChI is InChI=1S/C20H20ClNO6/c1-25-15-7-4-13(18(11-15)27-3)5-9-20(24)28-12-19(23)22-14-6-8-17(26-2)16(21)10-14/h4-11H,12H2,1-3H3,(H,22,23)/b9-5+. The van der Waals surface area contributed by atoms with Crippen molar-refractivity contribution in [2.24, 2.45) is 0 Å². The van der Waals surface area contributed by atoms with Crippen molar-refractivity contribution in [3.05, 3.63) is 53.1 Å². The Labute approximate surface area is 167 Å². The van der Waals surface area contributed by atoms with Crippen LogP contribution in [-0.2, 0) is 14.3 Å². The maximum Gasteiger partial charge on any atom is 0.331 e. The van der Waals surface area contributed by atoms with Gasteiger partial charge in [-0.2, -0.15) is 0 Å². The maximum absolute atomic E-state index is 11.9. The number of esters is 1. The Morgan fingerprint density at radius 1 is 1.00 bits per heavy atom. The third kappa shape index (κ3) is 5.92. The molecule has 0 aliphatic rings. The van der Waals surface area contributed by atoms with Gasteiger partial charge in [-0.15, -0.1) is 0 Å². The van der Waals surface area contributed by atoms with E-state index in [-0.39, 0.29) is 0 Å². The van der Waals surface area contributed by atoms with E-state index in [1.807, 2.05) is 0 Å². The summed E-state index contributed by atoms with van der Waals surface area (Å²) < 4.78 is 20.3. The smallest absolute Gasteiger partial charge is 0.331 e. The normalized spacial score (nSPS) is 10.4. The second-order valence-electron chi connectivity index (χ2n) is 5.45. The van der Waals surface area contributed by atoms with Gasteiger partial charge < -0.3 is 24.3 Å². The molecule has 0 spiro atoms. The van der Waals surface area contributed by atoms with Gasteiger partial charge in [0.05, 0.1) is 26.4 Å². The minimum absolute atomic E-state index is 0.355. The van der Waals surface area contributed by atoms with Crippen LogP contribution in [0.2, 0.25) is 5.02 Å². The van der Waals surface area contributed by atoms with Crippen molar-refractivity contribution in [3.63, 3.8) is 0 Å². The molecule has 148 valence electrons. The van der Waals surface area contributed by atoms with Crippen LogP contribution in [-0.4, -0.2) is 39.8 Å². The Hall–Kier alpha value is -3.19. The van der Waals surface area contributed by atoms with Gasteiger partial charge in [0.15, 0.2) is 6.61 Å². The van der Waals surface area contributed by atoms with Crippen molar-refractivity contribution in [2.75, 3.05) is 33.3 Å². The fraction of sp³-hybridized carbons (Fsp3) is 0.200. The second-order valence-corrected chi connectivity index (χ2v) is 5.85. The quantitative estimate of drug-likeness (QED) is 0.534. The third-order valence-electron chi connectivity index (χ3n) is 3.62. The third-order valence-corrected chi connectivity index (χ3v) is 3.92. The average molecular weight is 406 g/mol. The maximum atomic E-state index is 11.9. The number of amides is 1. The minimum atomic E-state index is -0.666. The van der Waals surface area contributed by atoms with Crippen LogP contribution in [0.25, 0.3) is 6.08 Å². The fourth-order valence-electron chi connectivity index (χ4n) is 2.24. The number of hydrogen-bond acceptors (Lipinski definition) is 6. The van der Waals surface area contributed by atoms with Crippen LogP contribution in [0, 0.1) is 0 Å². The molecule has 1 N–H and O–H groups in total. The summed E-state index contributed by atoms with van der Waals surface area (Å²) in [6, 6.07) is 9.95. The van der Waals surface area contributed by atoms with Gasteiger partial charge in [0.25, 0.3) is 5.91 Å². The van der Waals surface area contributed by atoms with Crippen molar-refractivity contribution in [2.45, 2.75) is 0 Å². The zero-order valence-corrected chi connectivity index (χ0v) is 16.4. The number of nitrogens with one attached hydrogen (secondary N) is 1. The summed E-state index contributed by atoms with van der Waals surface area (Å²) in [7, 11) is 4.56. The highest BCUT2D eigenvalue weighted by atomic mass is 35.5. The molecule has 0 unspecified atom stereocenters.